The topological polar surface area (TPSA) is 67.4 Å². The molecular weight excluding hydrogens is 507 g/mol. The fourth-order valence-electron chi connectivity index (χ4n) is 3.35. The third-order valence-electron chi connectivity index (χ3n) is 4.96. The third-order valence-corrected chi connectivity index (χ3v) is 4.96. The van der Waals surface area contributed by atoms with Gasteiger partial charge in [0.15, 0.2) is 5.96 Å². The number of aliphatic imine (C=N–C) groups is 1. The SMILES string of the molecule is CCNC(=NCc1ccc(C)cc1OCCOCC)NCC(C)CN1CCOCC1.I. The van der Waals surface area contributed by atoms with Crippen molar-refractivity contribution in [2.24, 2.45) is 10.9 Å². The van der Waals surface area contributed by atoms with Crippen LogP contribution < -0.4 is 15.4 Å². The van der Waals surface area contributed by atoms with Gasteiger partial charge in [0.2, 0.25) is 0 Å². The maximum absolute atomic E-state index is 5.94. The molecule has 1 aromatic rings. The molecular formula is C23H41IN4O3. The van der Waals surface area contributed by atoms with Crippen molar-refractivity contribution in [2.75, 3.05) is 65.8 Å². The van der Waals surface area contributed by atoms with Gasteiger partial charge in [-0.3, -0.25) is 4.90 Å². The Morgan fingerprint density at radius 3 is 2.68 bits per heavy atom. The van der Waals surface area contributed by atoms with E-state index in [1.807, 2.05) is 6.92 Å². The molecule has 7 nitrogen and oxygen atoms in total. The molecule has 2 rings (SSSR count). The Hall–Kier alpha value is -1.10. The number of ether oxygens (including phenoxy) is 3. The second-order valence-electron chi connectivity index (χ2n) is 7.75. The fourth-order valence-corrected chi connectivity index (χ4v) is 3.35. The molecule has 0 radical (unpaired) electrons. The quantitative estimate of drug-likeness (QED) is 0.181. The largest absolute Gasteiger partial charge is 0.491 e. The van der Waals surface area contributed by atoms with Gasteiger partial charge in [-0.05, 0) is 38.3 Å². The summed E-state index contributed by atoms with van der Waals surface area (Å²) in [5, 5.41) is 6.84. The average molecular weight is 549 g/mol. The summed E-state index contributed by atoms with van der Waals surface area (Å²) in [6.45, 7) is 17.4. The van der Waals surface area contributed by atoms with Crippen molar-refractivity contribution in [2.45, 2.75) is 34.2 Å². The summed E-state index contributed by atoms with van der Waals surface area (Å²) in [7, 11) is 0. The van der Waals surface area contributed by atoms with Crippen molar-refractivity contribution in [3.63, 3.8) is 0 Å². The van der Waals surface area contributed by atoms with Crippen LogP contribution in [-0.4, -0.2) is 76.6 Å². The highest BCUT2D eigenvalue weighted by atomic mass is 127. The molecule has 1 unspecified atom stereocenters. The first-order valence-electron chi connectivity index (χ1n) is 11.2. The molecule has 1 aromatic carbocycles. The Bertz CT molecular complexity index is 639. The molecule has 1 heterocycles. The summed E-state index contributed by atoms with van der Waals surface area (Å²) < 4.78 is 16.8. The maximum atomic E-state index is 5.94. The van der Waals surface area contributed by atoms with Crippen LogP contribution in [0.5, 0.6) is 5.75 Å². The van der Waals surface area contributed by atoms with Crippen molar-refractivity contribution >= 4 is 29.9 Å². The molecule has 1 fully saturated rings. The summed E-state index contributed by atoms with van der Waals surface area (Å²) in [6, 6.07) is 6.27. The van der Waals surface area contributed by atoms with Crippen LogP contribution in [-0.2, 0) is 16.0 Å². The van der Waals surface area contributed by atoms with Crippen LogP contribution in [0.3, 0.4) is 0 Å². The van der Waals surface area contributed by atoms with E-state index in [0.29, 0.717) is 32.3 Å². The molecule has 0 aromatic heterocycles. The highest BCUT2D eigenvalue weighted by molar-refractivity contribution is 14.0. The molecule has 0 spiro atoms. The lowest BCUT2D eigenvalue weighted by Crippen LogP contribution is -2.44. The van der Waals surface area contributed by atoms with Crippen LogP contribution in [0.4, 0.5) is 0 Å². The number of benzene rings is 1. The predicted octanol–water partition coefficient (Wildman–Crippen LogP) is 3.05. The van der Waals surface area contributed by atoms with Crippen molar-refractivity contribution in [1.82, 2.24) is 15.5 Å². The normalized spacial score (nSPS) is 15.8. The number of nitrogens with zero attached hydrogens (tertiary/aromatic N) is 2. The van der Waals surface area contributed by atoms with Gasteiger partial charge in [0, 0.05) is 44.9 Å². The standard InChI is InChI=1S/C23H40N4O3.HI/c1-5-24-23(25-16-20(4)18-27-9-11-29-12-10-27)26-17-21-8-7-19(3)15-22(21)30-14-13-28-6-2;/h7-8,15,20H,5-6,9-14,16-18H2,1-4H3,(H2,24,25,26);1H. The van der Waals surface area contributed by atoms with E-state index >= 15 is 0 Å². The van der Waals surface area contributed by atoms with Crippen LogP contribution >= 0.6 is 24.0 Å². The molecule has 0 amide bonds. The van der Waals surface area contributed by atoms with Crippen molar-refractivity contribution in [3.8, 4) is 5.75 Å². The minimum Gasteiger partial charge on any atom is -0.491 e. The third kappa shape index (κ3) is 11.4. The summed E-state index contributed by atoms with van der Waals surface area (Å²) in [4.78, 5) is 7.26. The number of morpholine rings is 1. The lowest BCUT2D eigenvalue weighted by Gasteiger charge is -2.29. The second kappa shape index (κ2) is 16.5. The van der Waals surface area contributed by atoms with Gasteiger partial charge in [0.1, 0.15) is 12.4 Å². The summed E-state index contributed by atoms with van der Waals surface area (Å²) in [5.41, 5.74) is 2.26. The first kappa shape index (κ1) is 27.9. The van der Waals surface area contributed by atoms with Crippen LogP contribution in [0.25, 0.3) is 0 Å². The fraction of sp³-hybridized carbons (Fsp3) is 0.696. The van der Waals surface area contributed by atoms with E-state index in [-0.39, 0.29) is 24.0 Å². The number of rotatable bonds is 12. The van der Waals surface area contributed by atoms with Crippen LogP contribution in [0.1, 0.15) is 31.9 Å². The van der Waals surface area contributed by atoms with Gasteiger partial charge in [-0.25, -0.2) is 4.99 Å². The summed E-state index contributed by atoms with van der Waals surface area (Å²) in [6.07, 6.45) is 0. The van der Waals surface area contributed by atoms with Crippen molar-refractivity contribution < 1.29 is 14.2 Å². The predicted molar refractivity (Wildman–Crippen MR) is 138 cm³/mol. The Kier molecular flexibility index (Phi) is 14.9. The molecule has 0 aliphatic carbocycles. The summed E-state index contributed by atoms with van der Waals surface area (Å²) in [5.74, 6) is 2.26. The van der Waals surface area contributed by atoms with Gasteiger partial charge in [-0.15, -0.1) is 24.0 Å². The van der Waals surface area contributed by atoms with Gasteiger partial charge in [-0.1, -0.05) is 19.1 Å². The second-order valence-corrected chi connectivity index (χ2v) is 7.75. The number of nitrogens with one attached hydrogen (secondary N) is 2. The van der Waals surface area contributed by atoms with Gasteiger partial charge in [0.05, 0.1) is 26.4 Å². The molecule has 0 bridgehead atoms. The molecule has 1 aliphatic rings. The average Bonchev–Trinajstić information content (AvgIpc) is 2.75. The van der Waals surface area contributed by atoms with Crippen LogP contribution in [0.15, 0.2) is 23.2 Å². The molecule has 0 saturated carbocycles. The number of aryl methyl sites for hydroxylation is 1. The molecule has 1 atom stereocenters. The van der Waals surface area contributed by atoms with E-state index in [0.717, 1.165) is 63.2 Å². The summed E-state index contributed by atoms with van der Waals surface area (Å²) >= 11 is 0. The van der Waals surface area contributed by atoms with E-state index < -0.39 is 0 Å². The zero-order valence-corrected chi connectivity index (χ0v) is 21.9. The smallest absolute Gasteiger partial charge is 0.191 e. The van der Waals surface area contributed by atoms with Gasteiger partial charge in [-0.2, -0.15) is 0 Å². The minimum absolute atomic E-state index is 0. The molecule has 2 N–H and O–H groups in total. The minimum atomic E-state index is 0. The van der Waals surface area contributed by atoms with Crippen LogP contribution in [0, 0.1) is 12.8 Å². The number of hydrogen-bond donors (Lipinski definition) is 2. The van der Waals surface area contributed by atoms with Crippen molar-refractivity contribution in [1.29, 1.82) is 0 Å². The van der Waals surface area contributed by atoms with Gasteiger partial charge in [0.25, 0.3) is 0 Å². The maximum Gasteiger partial charge on any atom is 0.191 e. The van der Waals surface area contributed by atoms with Gasteiger partial charge >= 0.3 is 0 Å². The van der Waals surface area contributed by atoms with E-state index in [4.69, 9.17) is 19.2 Å². The Morgan fingerprint density at radius 2 is 1.97 bits per heavy atom. The highest BCUT2D eigenvalue weighted by Crippen LogP contribution is 2.21. The Labute approximate surface area is 205 Å². The highest BCUT2D eigenvalue weighted by Gasteiger charge is 2.14. The first-order chi connectivity index (χ1) is 14.6. The molecule has 1 saturated heterocycles. The Morgan fingerprint density at radius 1 is 1.19 bits per heavy atom. The van der Waals surface area contributed by atoms with E-state index in [9.17, 15) is 0 Å². The number of guanidine groups is 1. The van der Waals surface area contributed by atoms with Crippen molar-refractivity contribution in [3.05, 3.63) is 29.3 Å². The number of hydrogen-bond acceptors (Lipinski definition) is 5. The zero-order chi connectivity index (χ0) is 21.6. The molecule has 31 heavy (non-hydrogen) atoms. The molecule has 178 valence electrons. The molecule has 1 aliphatic heterocycles. The Balaban J connectivity index is 0.00000480. The van der Waals surface area contributed by atoms with E-state index in [1.54, 1.807) is 0 Å². The van der Waals surface area contributed by atoms with E-state index in [2.05, 4.69) is 54.5 Å². The zero-order valence-electron chi connectivity index (χ0n) is 19.6. The van der Waals surface area contributed by atoms with Gasteiger partial charge < -0.3 is 24.8 Å². The monoisotopic (exact) mass is 548 g/mol. The lowest BCUT2D eigenvalue weighted by atomic mass is 10.1. The lowest BCUT2D eigenvalue weighted by molar-refractivity contribution is 0.0320. The molecule has 8 heteroatoms. The first-order valence-corrected chi connectivity index (χ1v) is 11.2. The van der Waals surface area contributed by atoms with Crippen LogP contribution in [0.2, 0.25) is 0 Å². The number of halogens is 1. The van der Waals surface area contributed by atoms with E-state index in [1.165, 1.54) is 5.56 Å².